The highest BCUT2D eigenvalue weighted by atomic mass is 32.1. The predicted molar refractivity (Wildman–Crippen MR) is 69.9 cm³/mol. The zero-order valence-electron chi connectivity index (χ0n) is 9.38. The Hall–Kier alpha value is -2.28. The zero-order valence-corrected chi connectivity index (χ0v) is 10.2. The Balaban J connectivity index is 1.98. The average Bonchev–Trinajstić information content (AvgIpc) is 2.89. The van der Waals surface area contributed by atoms with Crippen LogP contribution in [-0.4, -0.2) is 26.1 Å². The van der Waals surface area contributed by atoms with E-state index in [2.05, 4.69) is 20.5 Å². The van der Waals surface area contributed by atoms with Gasteiger partial charge in [-0.25, -0.2) is 0 Å². The Morgan fingerprint density at radius 3 is 2.83 bits per heavy atom. The van der Waals surface area contributed by atoms with E-state index in [1.807, 2.05) is 0 Å². The SMILES string of the molecule is NC(=S)c1ccc(C(=O)NCc2cn[nH]c2)nc1. The van der Waals surface area contributed by atoms with Crippen LogP contribution < -0.4 is 11.1 Å². The quantitative estimate of drug-likeness (QED) is 0.691. The Labute approximate surface area is 109 Å². The summed E-state index contributed by atoms with van der Waals surface area (Å²) < 4.78 is 0. The van der Waals surface area contributed by atoms with Gasteiger partial charge in [0.1, 0.15) is 10.7 Å². The molecule has 4 N–H and O–H groups in total. The van der Waals surface area contributed by atoms with Crippen molar-refractivity contribution in [1.82, 2.24) is 20.5 Å². The highest BCUT2D eigenvalue weighted by Gasteiger charge is 2.07. The average molecular weight is 261 g/mol. The van der Waals surface area contributed by atoms with Gasteiger partial charge in [0.25, 0.3) is 5.91 Å². The molecule has 1 amide bonds. The van der Waals surface area contributed by atoms with Crippen molar-refractivity contribution >= 4 is 23.1 Å². The Bertz CT molecular complexity index is 549. The standard InChI is InChI=1S/C11H11N5OS/c12-10(18)8-1-2-9(13-6-8)11(17)14-3-7-4-15-16-5-7/h1-2,4-6H,3H2,(H2,12,18)(H,14,17)(H,15,16). The third kappa shape index (κ3) is 2.89. The van der Waals surface area contributed by atoms with Crippen molar-refractivity contribution in [2.45, 2.75) is 6.54 Å². The summed E-state index contributed by atoms with van der Waals surface area (Å²) in [5.74, 6) is -0.259. The van der Waals surface area contributed by atoms with Crippen LogP contribution in [0.15, 0.2) is 30.7 Å². The molecular weight excluding hydrogens is 250 g/mol. The summed E-state index contributed by atoms with van der Waals surface area (Å²) >= 11 is 4.80. The first-order valence-electron chi connectivity index (χ1n) is 5.18. The van der Waals surface area contributed by atoms with Gasteiger partial charge < -0.3 is 11.1 Å². The molecule has 6 nitrogen and oxygen atoms in total. The fourth-order valence-corrected chi connectivity index (χ4v) is 1.44. The molecule has 2 aromatic rings. The molecule has 7 heteroatoms. The van der Waals surface area contributed by atoms with Crippen molar-refractivity contribution in [3.63, 3.8) is 0 Å². The van der Waals surface area contributed by atoms with Crippen molar-refractivity contribution in [3.8, 4) is 0 Å². The number of carbonyl (C=O) groups is 1. The molecule has 0 aromatic carbocycles. The molecule has 0 atom stereocenters. The van der Waals surface area contributed by atoms with E-state index in [9.17, 15) is 4.79 Å². The number of carbonyl (C=O) groups excluding carboxylic acids is 1. The lowest BCUT2D eigenvalue weighted by Gasteiger charge is -2.03. The van der Waals surface area contributed by atoms with Crippen LogP contribution in [0.2, 0.25) is 0 Å². The minimum absolute atomic E-state index is 0.257. The summed E-state index contributed by atoms with van der Waals surface area (Å²) in [6.07, 6.45) is 4.84. The molecule has 2 rings (SSSR count). The maximum absolute atomic E-state index is 11.8. The van der Waals surface area contributed by atoms with Crippen LogP contribution in [0.3, 0.4) is 0 Å². The highest BCUT2D eigenvalue weighted by Crippen LogP contribution is 2.01. The summed E-state index contributed by atoms with van der Waals surface area (Å²) in [5, 5.41) is 9.18. The third-order valence-corrected chi connectivity index (χ3v) is 2.52. The number of H-pyrrole nitrogens is 1. The van der Waals surface area contributed by atoms with Gasteiger partial charge in [-0.1, -0.05) is 12.2 Å². The number of hydrogen-bond acceptors (Lipinski definition) is 4. The molecule has 2 aromatic heterocycles. The summed E-state index contributed by atoms with van der Waals surface area (Å²) in [5.41, 5.74) is 7.29. The van der Waals surface area contributed by atoms with E-state index in [1.165, 1.54) is 6.20 Å². The molecule has 0 saturated heterocycles. The molecular formula is C11H11N5OS. The summed E-state index contributed by atoms with van der Waals surface area (Å²) in [7, 11) is 0. The van der Waals surface area contributed by atoms with Gasteiger partial charge in [-0.15, -0.1) is 0 Å². The Morgan fingerprint density at radius 2 is 2.28 bits per heavy atom. The van der Waals surface area contributed by atoms with E-state index in [1.54, 1.807) is 24.5 Å². The number of nitrogens with zero attached hydrogens (tertiary/aromatic N) is 2. The molecule has 0 aliphatic carbocycles. The lowest BCUT2D eigenvalue weighted by atomic mass is 10.2. The molecule has 0 spiro atoms. The van der Waals surface area contributed by atoms with E-state index >= 15 is 0 Å². The van der Waals surface area contributed by atoms with Gasteiger partial charge >= 0.3 is 0 Å². The van der Waals surface area contributed by atoms with Gasteiger partial charge in [0.15, 0.2) is 0 Å². The number of amides is 1. The lowest BCUT2D eigenvalue weighted by Crippen LogP contribution is -2.23. The van der Waals surface area contributed by atoms with Crippen LogP contribution in [0.1, 0.15) is 21.6 Å². The Morgan fingerprint density at radius 1 is 1.44 bits per heavy atom. The van der Waals surface area contributed by atoms with Gasteiger partial charge in [-0.3, -0.25) is 14.9 Å². The van der Waals surface area contributed by atoms with Gasteiger partial charge in [0.05, 0.1) is 6.20 Å². The fraction of sp³-hybridized carbons (Fsp3) is 0.0909. The van der Waals surface area contributed by atoms with E-state index in [-0.39, 0.29) is 10.9 Å². The maximum Gasteiger partial charge on any atom is 0.270 e. The lowest BCUT2D eigenvalue weighted by molar-refractivity contribution is 0.0946. The number of thiocarbonyl (C=S) groups is 1. The van der Waals surface area contributed by atoms with Crippen LogP contribution in [0.25, 0.3) is 0 Å². The van der Waals surface area contributed by atoms with Crippen LogP contribution in [0.4, 0.5) is 0 Å². The first kappa shape index (κ1) is 12.2. The van der Waals surface area contributed by atoms with Crippen molar-refractivity contribution in [1.29, 1.82) is 0 Å². The monoisotopic (exact) mass is 261 g/mol. The molecule has 0 bridgehead atoms. The molecule has 92 valence electrons. The molecule has 0 aliphatic heterocycles. The van der Waals surface area contributed by atoms with Gasteiger partial charge in [0, 0.05) is 30.1 Å². The Kier molecular flexibility index (Phi) is 3.63. The number of rotatable bonds is 4. The van der Waals surface area contributed by atoms with Crippen LogP contribution >= 0.6 is 12.2 Å². The molecule has 0 aliphatic rings. The maximum atomic E-state index is 11.8. The number of pyridine rings is 1. The molecule has 0 radical (unpaired) electrons. The zero-order chi connectivity index (χ0) is 13.0. The minimum atomic E-state index is -0.259. The largest absolute Gasteiger partial charge is 0.389 e. The van der Waals surface area contributed by atoms with Crippen molar-refractivity contribution < 1.29 is 4.79 Å². The van der Waals surface area contributed by atoms with Crippen molar-refractivity contribution in [2.24, 2.45) is 5.73 Å². The number of nitrogens with one attached hydrogen (secondary N) is 2. The topological polar surface area (TPSA) is 96.7 Å². The fourth-order valence-electron chi connectivity index (χ4n) is 1.32. The van der Waals surface area contributed by atoms with E-state index in [4.69, 9.17) is 18.0 Å². The van der Waals surface area contributed by atoms with Gasteiger partial charge in [-0.2, -0.15) is 5.10 Å². The second-order valence-corrected chi connectivity index (χ2v) is 4.03. The van der Waals surface area contributed by atoms with Crippen LogP contribution in [-0.2, 0) is 6.54 Å². The van der Waals surface area contributed by atoms with Crippen molar-refractivity contribution in [3.05, 3.63) is 47.5 Å². The summed E-state index contributed by atoms with van der Waals surface area (Å²) in [6.45, 7) is 0.397. The van der Waals surface area contributed by atoms with Crippen LogP contribution in [0.5, 0.6) is 0 Å². The smallest absolute Gasteiger partial charge is 0.270 e. The first-order chi connectivity index (χ1) is 8.66. The predicted octanol–water partition coefficient (Wildman–Crippen LogP) is 0.369. The van der Waals surface area contributed by atoms with E-state index in [0.717, 1.165) is 5.56 Å². The number of hydrogen-bond donors (Lipinski definition) is 3. The third-order valence-electron chi connectivity index (χ3n) is 2.29. The number of aromatic amines is 1. The highest BCUT2D eigenvalue weighted by molar-refractivity contribution is 7.80. The van der Waals surface area contributed by atoms with Crippen molar-refractivity contribution in [2.75, 3.05) is 0 Å². The molecule has 18 heavy (non-hydrogen) atoms. The second kappa shape index (κ2) is 5.37. The van der Waals surface area contributed by atoms with E-state index < -0.39 is 0 Å². The normalized spacial score (nSPS) is 10.0. The number of nitrogens with two attached hydrogens (primary N) is 1. The summed E-state index contributed by atoms with van der Waals surface area (Å²) in [4.78, 5) is 16.0. The summed E-state index contributed by atoms with van der Waals surface area (Å²) in [6, 6.07) is 3.25. The molecule has 0 saturated carbocycles. The minimum Gasteiger partial charge on any atom is -0.389 e. The number of aromatic nitrogens is 3. The molecule has 0 fully saturated rings. The molecule has 0 unspecified atom stereocenters. The van der Waals surface area contributed by atoms with Crippen LogP contribution in [0, 0.1) is 0 Å². The van der Waals surface area contributed by atoms with Gasteiger partial charge in [-0.05, 0) is 12.1 Å². The van der Waals surface area contributed by atoms with E-state index in [0.29, 0.717) is 17.8 Å². The van der Waals surface area contributed by atoms with Gasteiger partial charge in [0.2, 0.25) is 0 Å². The second-order valence-electron chi connectivity index (χ2n) is 3.59. The molecule has 2 heterocycles. The first-order valence-corrected chi connectivity index (χ1v) is 5.59.